The average molecular weight is 223 g/mol. The maximum atomic E-state index is 11.0. The highest BCUT2D eigenvalue weighted by molar-refractivity contribution is 7.13. The molecule has 0 saturated carbocycles. The second-order valence-electron chi connectivity index (χ2n) is 2.79. The van der Waals surface area contributed by atoms with E-state index in [0.29, 0.717) is 5.82 Å². The van der Waals surface area contributed by atoms with Crippen LogP contribution in [0, 0.1) is 0 Å². The standard InChI is InChI=1S/C8H9N5OS/c1-9-7(14)5-13-11-8(10-12-13)6-3-2-4-15-6/h2-4H,5H2,1H3,(H,9,14). The minimum Gasteiger partial charge on any atom is -0.358 e. The number of thiophene rings is 1. The minimum atomic E-state index is -0.148. The number of hydrogen-bond acceptors (Lipinski definition) is 5. The summed E-state index contributed by atoms with van der Waals surface area (Å²) in [4.78, 5) is 13.3. The Hall–Kier alpha value is -1.76. The zero-order valence-electron chi connectivity index (χ0n) is 8.04. The molecule has 0 aromatic carbocycles. The van der Waals surface area contributed by atoms with Crippen molar-refractivity contribution in [2.24, 2.45) is 0 Å². The van der Waals surface area contributed by atoms with Crippen LogP contribution in [0.4, 0.5) is 0 Å². The summed E-state index contributed by atoms with van der Waals surface area (Å²) < 4.78 is 0. The molecule has 0 aliphatic rings. The quantitative estimate of drug-likeness (QED) is 0.803. The highest BCUT2D eigenvalue weighted by Gasteiger charge is 2.08. The van der Waals surface area contributed by atoms with Crippen molar-refractivity contribution < 1.29 is 4.79 Å². The van der Waals surface area contributed by atoms with Gasteiger partial charge in [0.15, 0.2) is 0 Å². The van der Waals surface area contributed by atoms with Crippen LogP contribution in [0.2, 0.25) is 0 Å². The third-order valence-corrected chi connectivity index (χ3v) is 2.62. The summed E-state index contributed by atoms with van der Waals surface area (Å²) in [6, 6.07) is 3.82. The first-order valence-electron chi connectivity index (χ1n) is 4.32. The Morgan fingerprint density at radius 1 is 1.67 bits per heavy atom. The summed E-state index contributed by atoms with van der Waals surface area (Å²) in [6.45, 7) is 0.0921. The fourth-order valence-corrected chi connectivity index (χ4v) is 1.67. The van der Waals surface area contributed by atoms with Crippen molar-refractivity contribution in [1.29, 1.82) is 0 Å². The number of aromatic nitrogens is 4. The highest BCUT2D eigenvalue weighted by Crippen LogP contribution is 2.19. The first-order chi connectivity index (χ1) is 7.29. The molecule has 0 fully saturated rings. The van der Waals surface area contributed by atoms with Gasteiger partial charge in [-0.25, -0.2) is 0 Å². The number of rotatable bonds is 3. The SMILES string of the molecule is CNC(=O)Cn1nnc(-c2cccs2)n1. The number of tetrazole rings is 1. The Kier molecular flexibility index (Phi) is 2.72. The molecule has 2 rings (SSSR count). The van der Waals surface area contributed by atoms with Crippen molar-refractivity contribution >= 4 is 17.2 Å². The topological polar surface area (TPSA) is 72.7 Å². The average Bonchev–Trinajstić information content (AvgIpc) is 2.85. The van der Waals surface area contributed by atoms with Crippen LogP contribution in [0.15, 0.2) is 17.5 Å². The lowest BCUT2D eigenvalue weighted by molar-refractivity contribution is -0.121. The first-order valence-corrected chi connectivity index (χ1v) is 5.20. The summed E-state index contributed by atoms with van der Waals surface area (Å²) in [5.41, 5.74) is 0. The van der Waals surface area contributed by atoms with Crippen LogP contribution < -0.4 is 5.32 Å². The van der Waals surface area contributed by atoms with Gasteiger partial charge in [-0.05, 0) is 16.7 Å². The smallest absolute Gasteiger partial charge is 0.243 e. The number of nitrogens with one attached hydrogen (secondary N) is 1. The van der Waals surface area contributed by atoms with Crippen molar-refractivity contribution in [2.75, 3.05) is 7.05 Å². The summed E-state index contributed by atoms with van der Waals surface area (Å²) >= 11 is 1.54. The van der Waals surface area contributed by atoms with E-state index in [1.807, 2.05) is 17.5 Å². The van der Waals surface area contributed by atoms with Gasteiger partial charge in [0.05, 0.1) is 4.88 Å². The molecular weight excluding hydrogens is 214 g/mol. The lowest BCUT2D eigenvalue weighted by atomic mass is 10.5. The van der Waals surface area contributed by atoms with Gasteiger partial charge in [-0.2, -0.15) is 4.80 Å². The first kappa shape index (κ1) is 9.78. The van der Waals surface area contributed by atoms with Crippen molar-refractivity contribution in [1.82, 2.24) is 25.5 Å². The largest absolute Gasteiger partial charge is 0.358 e. The summed E-state index contributed by atoms with van der Waals surface area (Å²) in [5.74, 6) is 0.402. The number of carbonyl (C=O) groups excluding carboxylic acids is 1. The highest BCUT2D eigenvalue weighted by atomic mass is 32.1. The van der Waals surface area contributed by atoms with E-state index in [-0.39, 0.29) is 12.5 Å². The molecule has 2 aromatic heterocycles. The minimum absolute atomic E-state index is 0.0921. The van der Waals surface area contributed by atoms with Crippen molar-refractivity contribution in [3.8, 4) is 10.7 Å². The molecule has 0 atom stereocenters. The van der Waals surface area contributed by atoms with Gasteiger partial charge in [0.25, 0.3) is 0 Å². The fraction of sp³-hybridized carbons (Fsp3) is 0.250. The van der Waals surface area contributed by atoms with Crippen LogP contribution in [-0.2, 0) is 11.3 Å². The van der Waals surface area contributed by atoms with Crippen LogP contribution in [0.3, 0.4) is 0 Å². The van der Waals surface area contributed by atoms with E-state index in [1.54, 1.807) is 7.05 Å². The van der Waals surface area contributed by atoms with Crippen molar-refractivity contribution in [3.05, 3.63) is 17.5 Å². The molecular formula is C8H9N5OS. The van der Waals surface area contributed by atoms with Crippen LogP contribution in [0.1, 0.15) is 0 Å². The Morgan fingerprint density at radius 3 is 3.20 bits per heavy atom. The fourth-order valence-electron chi connectivity index (χ4n) is 1.02. The molecule has 78 valence electrons. The number of carbonyl (C=O) groups is 1. The van der Waals surface area contributed by atoms with E-state index < -0.39 is 0 Å². The van der Waals surface area contributed by atoms with Crippen molar-refractivity contribution in [2.45, 2.75) is 6.54 Å². The predicted molar refractivity (Wildman–Crippen MR) is 55.2 cm³/mol. The van der Waals surface area contributed by atoms with Gasteiger partial charge in [0.1, 0.15) is 6.54 Å². The Bertz CT molecular complexity index is 449. The molecule has 15 heavy (non-hydrogen) atoms. The monoisotopic (exact) mass is 223 g/mol. The van der Waals surface area contributed by atoms with Gasteiger partial charge >= 0.3 is 0 Å². The number of nitrogens with zero attached hydrogens (tertiary/aromatic N) is 4. The number of likely N-dealkylation sites (N-methyl/N-ethyl adjacent to an activating group) is 1. The predicted octanol–water partition coefficient (Wildman–Crippen LogP) is 0.148. The second kappa shape index (κ2) is 4.18. The Labute approximate surface area is 89.9 Å². The van der Waals surface area contributed by atoms with Gasteiger partial charge < -0.3 is 5.32 Å². The molecule has 0 radical (unpaired) electrons. The second-order valence-corrected chi connectivity index (χ2v) is 3.74. The van der Waals surface area contributed by atoms with E-state index in [4.69, 9.17) is 0 Å². The number of hydrogen-bond donors (Lipinski definition) is 1. The van der Waals surface area contributed by atoms with Gasteiger partial charge in [0.2, 0.25) is 11.7 Å². The molecule has 1 amide bonds. The summed E-state index contributed by atoms with van der Waals surface area (Å²) in [5, 5.41) is 16.2. The summed E-state index contributed by atoms with van der Waals surface area (Å²) in [6.07, 6.45) is 0. The molecule has 6 nitrogen and oxygen atoms in total. The zero-order chi connectivity index (χ0) is 10.7. The Balaban J connectivity index is 2.14. The van der Waals surface area contributed by atoms with Gasteiger partial charge in [-0.1, -0.05) is 6.07 Å². The molecule has 1 N–H and O–H groups in total. The number of amides is 1. The third kappa shape index (κ3) is 2.18. The van der Waals surface area contributed by atoms with Gasteiger partial charge in [-0.3, -0.25) is 4.79 Å². The molecule has 7 heteroatoms. The van der Waals surface area contributed by atoms with Crippen LogP contribution in [-0.4, -0.2) is 33.2 Å². The third-order valence-electron chi connectivity index (χ3n) is 1.76. The van der Waals surface area contributed by atoms with Crippen LogP contribution in [0.25, 0.3) is 10.7 Å². The van der Waals surface area contributed by atoms with Crippen LogP contribution in [0.5, 0.6) is 0 Å². The van der Waals surface area contributed by atoms with Gasteiger partial charge in [0, 0.05) is 7.05 Å². The molecule has 0 aliphatic heterocycles. The molecule has 0 unspecified atom stereocenters. The van der Waals surface area contributed by atoms with E-state index in [2.05, 4.69) is 20.7 Å². The van der Waals surface area contributed by atoms with Gasteiger partial charge in [-0.15, -0.1) is 21.5 Å². The maximum absolute atomic E-state index is 11.0. The molecule has 0 aliphatic carbocycles. The van der Waals surface area contributed by atoms with Crippen molar-refractivity contribution in [3.63, 3.8) is 0 Å². The molecule has 2 heterocycles. The molecule has 0 spiro atoms. The van der Waals surface area contributed by atoms with E-state index in [0.717, 1.165) is 4.88 Å². The summed E-state index contributed by atoms with van der Waals surface area (Å²) in [7, 11) is 1.57. The molecule has 2 aromatic rings. The van der Waals surface area contributed by atoms with E-state index >= 15 is 0 Å². The lowest BCUT2D eigenvalue weighted by Crippen LogP contribution is -2.24. The lowest BCUT2D eigenvalue weighted by Gasteiger charge is -1.95. The maximum Gasteiger partial charge on any atom is 0.243 e. The normalized spacial score (nSPS) is 10.2. The zero-order valence-corrected chi connectivity index (χ0v) is 8.86. The van der Waals surface area contributed by atoms with E-state index in [9.17, 15) is 4.79 Å². The van der Waals surface area contributed by atoms with Crippen LogP contribution >= 0.6 is 11.3 Å². The Morgan fingerprint density at radius 2 is 2.53 bits per heavy atom. The molecule has 0 saturated heterocycles. The molecule has 0 bridgehead atoms. The van der Waals surface area contributed by atoms with E-state index in [1.165, 1.54) is 16.1 Å².